The van der Waals surface area contributed by atoms with Crippen molar-refractivity contribution in [1.82, 2.24) is 17.9 Å². The lowest BCUT2D eigenvalue weighted by Gasteiger charge is -2.28. The number of phenolic OH excluding ortho intramolecular Hbond substituents is 4. The van der Waals surface area contributed by atoms with Gasteiger partial charge in [0.2, 0.25) is 0 Å². The van der Waals surface area contributed by atoms with Gasteiger partial charge in [-0.2, -0.15) is 0 Å². The molecule has 5 rings (SSSR count). The van der Waals surface area contributed by atoms with Crippen LogP contribution >= 0.6 is 0 Å². The molecule has 4 aromatic rings. The third-order valence-corrected chi connectivity index (χ3v) is 9.63. The summed E-state index contributed by atoms with van der Waals surface area (Å²) >= 11 is 0. The van der Waals surface area contributed by atoms with Crippen molar-refractivity contribution >= 4 is 22.7 Å². The van der Waals surface area contributed by atoms with Gasteiger partial charge in [-0.25, -0.2) is 0 Å². The molecule has 0 unspecified atom stereocenters. The van der Waals surface area contributed by atoms with E-state index < -0.39 is 0 Å². The monoisotopic (exact) mass is 656 g/mol. The van der Waals surface area contributed by atoms with E-state index in [2.05, 4.69) is 84.6 Å². The molecule has 8 bridgehead atoms. The Hall–Kier alpha value is -4.08. The van der Waals surface area contributed by atoms with Gasteiger partial charge in [-0.3, -0.25) is 17.9 Å². The zero-order valence-electron chi connectivity index (χ0n) is 31.0. The molecule has 1 aliphatic rings. The minimum Gasteiger partial charge on any atom is -0.507 e. The Labute approximate surface area is 286 Å². The maximum atomic E-state index is 11.9. The fourth-order valence-electron chi connectivity index (χ4n) is 6.41. The molecule has 0 fully saturated rings. The third-order valence-electron chi connectivity index (χ3n) is 9.63. The molecule has 48 heavy (non-hydrogen) atoms. The number of fused-ring (bicyclic) bond motifs is 8. The summed E-state index contributed by atoms with van der Waals surface area (Å²) in [6.07, 6.45) is 1.24. The molecule has 4 aromatic carbocycles. The predicted molar refractivity (Wildman–Crippen MR) is 202 cm³/mol. The van der Waals surface area contributed by atoms with Crippen molar-refractivity contribution in [3.63, 3.8) is 0 Å². The van der Waals surface area contributed by atoms with Crippen LogP contribution in [0.15, 0.2) is 48.5 Å². The van der Waals surface area contributed by atoms with Gasteiger partial charge in [-0.15, -0.1) is 0 Å². The van der Waals surface area contributed by atoms with Gasteiger partial charge in [-0.1, -0.05) is 0 Å². The summed E-state index contributed by atoms with van der Waals surface area (Å²) in [6, 6.07) is 16.2. The van der Waals surface area contributed by atoms with Crippen molar-refractivity contribution in [2.45, 2.75) is 25.7 Å². The zero-order valence-corrected chi connectivity index (χ0v) is 31.0. The highest BCUT2D eigenvalue weighted by Crippen LogP contribution is 2.43. The molecule has 8 nitrogen and oxygen atoms in total. The molecule has 0 aromatic heterocycles. The summed E-state index contributed by atoms with van der Waals surface area (Å²) in [5.74, 6) is 0.678. The molecule has 4 N–H and O–H groups in total. The van der Waals surface area contributed by atoms with Gasteiger partial charge in [0.1, 0.15) is 45.7 Å². The van der Waals surface area contributed by atoms with Crippen LogP contribution in [0.2, 0.25) is 0 Å². The van der Waals surface area contributed by atoms with Crippen molar-refractivity contribution in [1.29, 1.82) is 0 Å². The van der Waals surface area contributed by atoms with Gasteiger partial charge in [0.15, 0.2) is 0 Å². The average Bonchev–Trinajstić information content (AvgIpc) is 2.93. The first-order valence-corrected chi connectivity index (χ1v) is 16.6. The summed E-state index contributed by atoms with van der Waals surface area (Å²) in [5.41, 5.74) is 9.73. The summed E-state index contributed by atoms with van der Waals surface area (Å²) in [5, 5.41) is 47.5. The second kappa shape index (κ2) is 11.8. The molecule has 1 aliphatic carbocycles. The molecule has 0 saturated heterocycles. The molecular formula is C40H56N4O4+4. The largest absolute Gasteiger partial charge is 0.507 e. The third kappa shape index (κ3) is 7.03. The minimum atomic E-state index is 0.169. The first kappa shape index (κ1) is 35.2. The van der Waals surface area contributed by atoms with Crippen LogP contribution in [0, 0.1) is 0 Å². The van der Waals surface area contributed by atoms with Crippen LogP contribution in [0.5, 0.6) is 23.0 Å². The number of hydrogen-bond donors (Lipinski definition) is 4. The lowest BCUT2D eigenvalue weighted by Crippen LogP contribution is -2.35. The number of nitrogens with zero attached hydrogens (tertiary/aromatic N) is 4. The summed E-state index contributed by atoms with van der Waals surface area (Å²) in [7, 11) is 25.1. The van der Waals surface area contributed by atoms with Crippen LogP contribution in [0.25, 0.3) is 0 Å². The Kier molecular flexibility index (Phi) is 8.67. The van der Waals surface area contributed by atoms with Gasteiger partial charge in [-0.05, 0) is 0 Å². The molecule has 0 spiro atoms. The van der Waals surface area contributed by atoms with Crippen LogP contribution in [0.4, 0.5) is 22.7 Å². The van der Waals surface area contributed by atoms with Crippen LogP contribution in [-0.2, 0) is 25.7 Å². The van der Waals surface area contributed by atoms with Gasteiger partial charge in [0, 0.05) is 119 Å². The van der Waals surface area contributed by atoms with E-state index in [4.69, 9.17) is 0 Å². The second-order valence-electron chi connectivity index (χ2n) is 17.2. The van der Waals surface area contributed by atoms with E-state index in [1.165, 1.54) is 0 Å². The number of phenols is 4. The number of aromatic hydroxyl groups is 4. The number of quaternary nitrogens is 4. The lowest BCUT2D eigenvalue weighted by atomic mass is 9.89. The molecule has 0 saturated carbocycles. The van der Waals surface area contributed by atoms with Crippen molar-refractivity contribution < 1.29 is 20.4 Å². The molecular weight excluding hydrogens is 600 g/mol. The van der Waals surface area contributed by atoms with Crippen molar-refractivity contribution in [2.24, 2.45) is 0 Å². The molecule has 0 atom stereocenters. The smallest absolute Gasteiger partial charge is 0.133 e. The van der Waals surface area contributed by atoms with Crippen molar-refractivity contribution in [2.75, 3.05) is 84.6 Å². The van der Waals surface area contributed by atoms with E-state index in [1.54, 1.807) is 0 Å². The quantitative estimate of drug-likeness (QED) is 0.180. The van der Waals surface area contributed by atoms with Crippen LogP contribution in [-0.4, -0.2) is 105 Å². The lowest BCUT2D eigenvalue weighted by molar-refractivity contribution is 0.445. The molecule has 256 valence electrons. The molecule has 8 heteroatoms. The van der Waals surface area contributed by atoms with E-state index in [0.29, 0.717) is 88.1 Å². The maximum Gasteiger partial charge on any atom is 0.133 e. The van der Waals surface area contributed by atoms with Gasteiger partial charge >= 0.3 is 0 Å². The van der Waals surface area contributed by atoms with Crippen LogP contribution < -0.4 is 17.9 Å². The average molecular weight is 657 g/mol. The number of rotatable bonds is 4. The van der Waals surface area contributed by atoms with E-state index in [1.807, 2.05) is 48.5 Å². The van der Waals surface area contributed by atoms with Gasteiger partial charge in [0.25, 0.3) is 0 Å². The maximum absolute atomic E-state index is 11.9. The highest BCUT2D eigenvalue weighted by Gasteiger charge is 2.28. The van der Waals surface area contributed by atoms with E-state index in [0.717, 1.165) is 22.7 Å². The Bertz CT molecular complexity index is 1530. The molecule has 0 radical (unpaired) electrons. The summed E-state index contributed by atoms with van der Waals surface area (Å²) < 4.78 is 2.15. The van der Waals surface area contributed by atoms with E-state index in [9.17, 15) is 20.4 Å². The topological polar surface area (TPSA) is 80.9 Å². The molecule has 0 aliphatic heterocycles. The summed E-state index contributed by atoms with van der Waals surface area (Å²) in [4.78, 5) is 0. The highest BCUT2D eigenvalue weighted by molar-refractivity contribution is 5.65. The molecule has 0 heterocycles. The Morgan fingerprint density at radius 1 is 0.292 bits per heavy atom. The van der Waals surface area contributed by atoms with Crippen LogP contribution in [0.3, 0.4) is 0 Å². The number of hydrogen-bond acceptors (Lipinski definition) is 4. The SMILES string of the molecule is C[N+](C)(C)c1cc2c(O)c(c1)Cc1cc([N+](C)(C)C)cc(c1O)Cc1cc([N+](C)(C)C)cc(c1O)Cc1cc([N+](C)(C)C)cc(c1O)C2. The van der Waals surface area contributed by atoms with Crippen molar-refractivity contribution in [3.05, 3.63) is 93.0 Å². The fraction of sp³-hybridized carbons (Fsp3) is 0.400. The predicted octanol–water partition coefficient (Wildman–Crippen LogP) is 5.97. The van der Waals surface area contributed by atoms with E-state index >= 15 is 0 Å². The van der Waals surface area contributed by atoms with Gasteiger partial charge in [0.05, 0.1) is 84.6 Å². The standard InChI is InChI=1S/C40H52N4O4/c1-41(2,3)33-17-25-13-27-19-34(42(4,5)6)21-29(38(27)46)15-31-23-36(44(10,11)12)24-32(40(31)48)16-30-22-35(43(7,8)9)20-28(39(30)47)14-26(18-33)37(25)45/h17-24H,13-16H2,1-12H3/p+4. The normalized spacial score (nSPS) is 14.2. The highest BCUT2D eigenvalue weighted by atomic mass is 16.3. The Morgan fingerprint density at radius 2 is 0.417 bits per heavy atom. The number of benzene rings is 4. The van der Waals surface area contributed by atoms with Gasteiger partial charge < -0.3 is 20.4 Å². The Morgan fingerprint density at radius 3 is 0.521 bits per heavy atom. The van der Waals surface area contributed by atoms with Crippen molar-refractivity contribution in [3.8, 4) is 23.0 Å². The first-order valence-electron chi connectivity index (χ1n) is 16.6. The first-order chi connectivity index (χ1) is 21.9. The summed E-state index contributed by atoms with van der Waals surface area (Å²) in [6.45, 7) is 0. The molecule has 0 amide bonds. The zero-order chi connectivity index (χ0) is 35.7. The second-order valence-corrected chi connectivity index (χ2v) is 17.2. The van der Waals surface area contributed by atoms with E-state index in [-0.39, 0.29) is 23.0 Å². The minimum absolute atomic E-state index is 0.169. The Balaban J connectivity index is 1.89. The van der Waals surface area contributed by atoms with Crippen LogP contribution in [0.1, 0.15) is 44.5 Å². The fourth-order valence-corrected chi connectivity index (χ4v) is 6.41.